The van der Waals surface area contributed by atoms with Crippen molar-refractivity contribution in [2.24, 2.45) is 0 Å². The van der Waals surface area contributed by atoms with Gasteiger partial charge in [-0.05, 0) is 6.07 Å². The van der Waals surface area contributed by atoms with E-state index in [0.29, 0.717) is 25.3 Å². The van der Waals surface area contributed by atoms with E-state index in [1.54, 1.807) is 25.8 Å². The summed E-state index contributed by atoms with van der Waals surface area (Å²) in [6.45, 7) is 9.73. The third-order valence-electron chi connectivity index (χ3n) is 4.54. The molecule has 0 saturated carbocycles. The zero-order valence-corrected chi connectivity index (χ0v) is 16.1. The van der Waals surface area contributed by atoms with Crippen LogP contribution < -0.4 is 5.32 Å². The van der Waals surface area contributed by atoms with E-state index >= 15 is 0 Å². The highest BCUT2D eigenvalue weighted by Crippen LogP contribution is 2.17. The molecule has 0 aromatic carbocycles. The van der Waals surface area contributed by atoms with Gasteiger partial charge in [-0.1, -0.05) is 13.8 Å². The Kier molecular flexibility index (Phi) is 7.00. The van der Waals surface area contributed by atoms with Crippen molar-refractivity contribution in [2.75, 3.05) is 59.4 Å². The second-order valence-corrected chi connectivity index (χ2v) is 8.09. The maximum absolute atomic E-state index is 12.5. The summed E-state index contributed by atoms with van der Waals surface area (Å²) in [6.07, 6.45) is 1.39. The molecule has 25 heavy (non-hydrogen) atoms. The summed E-state index contributed by atoms with van der Waals surface area (Å²) < 4.78 is 26.4. The van der Waals surface area contributed by atoms with Gasteiger partial charge in [-0.2, -0.15) is 4.31 Å². The van der Waals surface area contributed by atoms with Crippen molar-refractivity contribution in [1.82, 2.24) is 24.4 Å². The molecule has 2 N–H and O–H groups in total. The van der Waals surface area contributed by atoms with Crippen LogP contribution >= 0.6 is 0 Å². The SMILES string of the molecule is CCN(CC)S(=O)(=O)c1c[nH]c(C(=O)N(C)CCN2CCNCC2)c1. The number of piperazine rings is 1. The third kappa shape index (κ3) is 4.81. The molecule has 1 aromatic heterocycles. The number of aromatic amines is 1. The monoisotopic (exact) mass is 371 g/mol. The van der Waals surface area contributed by atoms with Crippen molar-refractivity contribution >= 4 is 15.9 Å². The maximum Gasteiger partial charge on any atom is 0.270 e. The first-order valence-corrected chi connectivity index (χ1v) is 10.2. The molecule has 142 valence electrons. The Labute approximate surface area is 150 Å². The summed E-state index contributed by atoms with van der Waals surface area (Å²) in [5.41, 5.74) is 0.300. The van der Waals surface area contributed by atoms with Crippen molar-refractivity contribution in [3.63, 3.8) is 0 Å². The smallest absolute Gasteiger partial charge is 0.270 e. The summed E-state index contributed by atoms with van der Waals surface area (Å²) in [7, 11) is -1.81. The first-order valence-electron chi connectivity index (χ1n) is 8.77. The van der Waals surface area contributed by atoms with E-state index in [0.717, 1.165) is 32.7 Å². The van der Waals surface area contributed by atoms with Crippen LogP contribution in [0, 0.1) is 0 Å². The van der Waals surface area contributed by atoms with Crippen LogP contribution in [0.2, 0.25) is 0 Å². The first-order chi connectivity index (χ1) is 11.9. The van der Waals surface area contributed by atoms with Gasteiger partial charge in [0.15, 0.2) is 0 Å². The molecule has 1 saturated heterocycles. The number of carbonyl (C=O) groups is 1. The lowest BCUT2D eigenvalue weighted by Crippen LogP contribution is -2.46. The largest absolute Gasteiger partial charge is 0.356 e. The summed E-state index contributed by atoms with van der Waals surface area (Å²) in [4.78, 5) is 19.4. The van der Waals surface area contributed by atoms with Crippen molar-refractivity contribution in [1.29, 1.82) is 0 Å². The number of likely N-dealkylation sites (N-methyl/N-ethyl adjacent to an activating group) is 1. The molecule has 8 nitrogen and oxygen atoms in total. The van der Waals surface area contributed by atoms with Gasteiger partial charge in [-0.3, -0.25) is 9.69 Å². The fraction of sp³-hybridized carbons (Fsp3) is 0.688. The predicted octanol–water partition coefficient (Wildman–Crippen LogP) is 0.0224. The van der Waals surface area contributed by atoms with Crippen LogP contribution in [0.3, 0.4) is 0 Å². The van der Waals surface area contributed by atoms with E-state index in [4.69, 9.17) is 0 Å². The standard InChI is InChI=1S/C16H29N5O3S/c1-4-21(5-2)25(23,24)14-12-15(18-13-14)16(22)19(3)10-11-20-8-6-17-7-9-20/h12-13,17-18H,4-11H2,1-3H3. The third-order valence-corrected chi connectivity index (χ3v) is 6.57. The van der Waals surface area contributed by atoms with Gasteiger partial charge in [0, 0.05) is 65.6 Å². The zero-order valence-electron chi connectivity index (χ0n) is 15.3. The van der Waals surface area contributed by atoms with E-state index in [1.165, 1.54) is 16.6 Å². The minimum Gasteiger partial charge on any atom is -0.356 e. The topological polar surface area (TPSA) is 88.8 Å². The van der Waals surface area contributed by atoms with Crippen LogP contribution in [-0.2, 0) is 10.0 Å². The average molecular weight is 372 g/mol. The number of hydrogen-bond acceptors (Lipinski definition) is 5. The Morgan fingerprint density at radius 2 is 1.88 bits per heavy atom. The number of sulfonamides is 1. The Morgan fingerprint density at radius 1 is 1.24 bits per heavy atom. The quantitative estimate of drug-likeness (QED) is 0.673. The molecule has 1 aromatic rings. The van der Waals surface area contributed by atoms with Crippen LogP contribution in [-0.4, -0.2) is 92.8 Å². The highest BCUT2D eigenvalue weighted by molar-refractivity contribution is 7.89. The van der Waals surface area contributed by atoms with Crippen molar-refractivity contribution in [2.45, 2.75) is 18.7 Å². The van der Waals surface area contributed by atoms with Crippen molar-refractivity contribution < 1.29 is 13.2 Å². The molecular formula is C16H29N5O3S. The van der Waals surface area contributed by atoms with Crippen LogP contribution in [0.15, 0.2) is 17.2 Å². The number of nitrogens with one attached hydrogen (secondary N) is 2. The van der Waals surface area contributed by atoms with Crippen LogP contribution in [0.1, 0.15) is 24.3 Å². The minimum absolute atomic E-state index is 0.134. The van der Waals surface area contributed by atoms with Crippen LogP contribution in [0.5, 0.6) is 0 Å². The van der Waals surface area contributed by atoms with Crippen molar-refractivity contribution in [3.05, 3.63) is 18.0 Å². The maximum atomic E-state index is 12.5. The molecule has 0 aliphatic carbocycles. The molecule has 1 aliphatic rings. The summed E-state index contributed by atoms with van der Waals surface area (Å²) in [5, 5.41) is 3.30. The molecule has 1 amide bonds. The predicted molar refractivity (Wildman–Crippen MR) is 97.2 cm³/mol. The number of nitrogens with zero attached hydrogens (tertiary/aromatic N) is 3. The fourth-order valence-corrected chi connectivity index (χ4v) is 4.35. The van der Waals surface area contributed by atoms with Gasteiger partial charge in [-0.15, -0.1) is 0 Å². The summed E-state index contributed by atoms with van der Waals surface area (Å²) in [6, 6.07) is 1.43. The number of aromatic nitrogens is 1. The van der Waals surface area contributed by atoms with E-state index in [9.17, 15) is 13.2 Å². The van der Waals surface area contributed by atoms with E-state index in [-0.39, 0.29) is 10.8 Å². The molecule has 0 atom stereocenters. The molecule has 1 fully saturated rings. The number of carbonyl (C=O) groups excluding carboxylic acids is 1. The lowest BCUT2D eigenvalue weighted by Gasteiger charge is -2.29. The normalized spacial score (nSPS) is 16.3. The Morgan fingerprint density at radius 3 is 2.48 bits per heavy atom. The minimum atomic E-state index is -3.55. The average Bonchev–Trinajstić information content (AvgIpc) is 3.11. The van der Waals surface area contributed by atoms with Crippen LogP contribution in [0.4, 0.5) is 0 Å². The van der Waals surface area contributed by atoms with E-state index in [1.807, 2.05) is 0 Å². The lowest BCUT2D eigenvalue weighted by molar-refractivity contribution is 0.0769. The van der Waals surface area contributed by atoms with Gasteiger partial charge in [0.05, 0.1) is 0 Å². The molecule has 0 bridgehead atoms. The van der Waals surface area contributed by atoms with Crippen LogP contribution in [0.25, 0.3) is 0 Å². The number of H-pyrrole nitrogens is 1. The molecule has 0 unspecified atom stereocenters. The molecular weight excluding hydrogens is 342 g/mol. The van der Waals surface area contributed by atoms with Gasteiger partial charge >= 0.3 is 0 Å². The Bertz CT molecular complexity index is 663. The van der Waals surface area contributed by atoms with E-state index in [2.05, 4.69) is 15.2 Å². The highest BCUT2D eigenvalue weighted by atomic mass is 32.2. The number of rotatable bonds is 8. The van der Waals surface area contributed by atoms with Gasteiger partial charge in [0.25, 0.3) is 5.91 Å². The first kappa shape index (κ1) is 19.9. The van der Waals surface area contributed by atoms with Gasteiger partial charge in [0.2, 0.25) is 10.0 Å². The van der Waals surface area contributed by atoms with Gasteiger partial charge in [-0.25, -0.2) is 8.42 Å². The van der Waals surface area contributed by atoms with Crippen molar-refractivity contribution in [3.8, 4) is 0 Å². The molecule has 0 radical (unpaired) electrons. The van der Waals surface area contributed by atoms with E-state index < -0.39 is 10.0 Å². The lowest BCUT2D eigenvalue weighted by atomic mass is 10.3. The molecule has 9 heteroatoms. The second-order valence-electron chi connectivity index (χ2n) is 6.16. The van der Waals surface area contributed by atoms with Gasteiger partial charge < -0.3 is 15.2 Å². The second kappa shape index (κ2) is 8.79. The Balaban J connectivity index is 1.99. The zero-order chi connectivity index (χ0) is 18.4. The molecule has 2 rings (SSSR count). The number of hydrogen-bond donors (Lipinski definition) is 2. The fourth-order valence-electron chi connectivity index (χ4n) is 2.89. The summed E-state index contributed by atoms with van der Waals surface area (Å²) >= 11 is 0. The molecule has 0 spiro atoms. The van der Waals surface area contributed by atoms with Gasteiger partial charge in [0.1, 0.15) is 10.6 Å². The molecule has 1 aliphatic heterocycles. The summed E-state index contributed by atoms with van der Waals surface area (Å²) in [5.74, 6) is -0.198. The Hall–Kier alpha value is -1.42. The molecule has 2 heterocycles. The number of amides is 1. The highest BCUT2D eigenvalue weighted by Gasteiger charge is 2.25.